The number of thioether (sulfide) groups is 1. The third-order valence-corrected chi connectivity index (χ3v) is 4.17. The van der Waals surface area contributed by atoms with E-state index < -0.39 is 0 Å². The fraction of sp³-hybridized carbons (Fsp3) is 0.118. The van der Waals surface area contributed by atoms with Gasteiger partial charge in [0.15, 0.2) is 0 Å². The summed E-state index contributed by atoms with van der Waals surface area (Å²) in [5.74, 6) is 1.31. The molecule has 5 heteroatoms. The maximum absolute atomic E-state index is 5.91. The van der Waals surface area contributed by atoms with Crippen molar-refractivity contribution in [1.29, 1.82) is 0 Å². The van der Waals surface area contributed by atoms with Crippen molar-refractivity contribution in [2.75, 3.05) is 19.1 Å². The Morgan fingerprint density at radius 2 is 1.73 bits per heavy atom. The van der Waals surface area contributed by atoms with E-state index in [0.717, 1.165) is 22.7 Å². The Morgan fingerprint density at radius 1 is 1.05 bits per heavy atom. The monoisotopic (exact) mass is 311 g/mol. The van der Waals surface area contributed by atoms with Gasteiger partial charge in [-0.1, -0.05) is 12.1 Å². The summed E-state index contributed by atoms with van der Waals surface area (Å²) in [4.78, 5) is 1.23. The second-order valence-electron chi connectivity index (χ2n) is 4.79. The highest BCUT2D eigenvalue weighted by atomic mass is 32.2. The number of rotatable bonds is 4. The second kappa shape index (κ2) is 6.15. The minimum absolute atomic E-state index is 0.500. The van der Waals surface area contributed by atoms with Crippen molar-refractivity contribution in [3.63, 3.8) is 0 Å². The van der Waals surface area contributed by atoms with Crippen LogP contribution in [-0.4, -0.2) is 23.1 Å². The third-order valence-electron chi connectivity index (χ3n) is 3.43. The van der Waals surface area contributed by atoms with E-state index in [-0.39, 0.29) is 0 Å². The molecule has 4 nitrogen and oxygen atoms in total. The van der Waals surface area contributed by atoms with Gasteiger partial charge < -0.3 is 10.5 Å². The van der Waals surface area contributed by atoms with Gasteiger partial charge in [0.2, 0.25) is 0 Å². The van der Waals surface area contributed by atoms with Crippen LogP contribution in [0.2, 0.25) is 0 Å². The summed E-state index contributed by atoms with van der Waals surface area (Å²) in [7, 11) is 1.65. The van der Waals surface area contributed by atoms with Gasteiger partial charge in [-0.2, -0.15) is 5.10 Å². The lowest BCUT2D eigenvalue weighted by molar-refractivity contribution is 0.414. The van der Waals surface area contributed by atoms with Gasteiger partial charge in [0.25, 0.3) is 0 Å². The fourth-order valence-electron chi connectivity index (χ4n) is 2.29. The van der Waals surface area contributed by atoms with E-state index in [2.05, 4.69) is 35.6 Å². The van der Waals surface area contributed by atoms with E-state index in [1.807, 2.05) is 35.0 Å². The molecule has 3 rings (SSSR count). The second-order valence-corrected chi connectivity index (χ2v) is 5.67. The van der Waals surface area contributed by atoms with Gasteiger partial charge >= 0.3 is 0 Å². The zero-order chi connectivity index (χ0) is 15.5. The first kappa shape index (κ1) is 14.5. The number of nitrogen functional groups attached to an aromatic ring is 1. The third kappa shape index (κ3) is 2.80. The average Bonchev–Trinajstić information content (AvgIpc) is 2.97. The Hall–Kier alpha value is -2.40. The highest BCUT2D eigenvalue weighted by Gasteiger charge is 2.10. The number of methoxy groups -OCH3 is 1. The Kier molecular flexibility index (Phi) is 4.06. The van der Waals surface area contributed by atoms with Crippen LogP contribution >= 0.6 is 11.8 Å². The number of hydrogen-bond acceptors (Lipinski definition) is 4. The minimum atomic E-state index is 0.500. The molecule has 112 valence electrons. The smallest absolute Gasteiger partial charge is 0.146 e. The molecule has 0 saturated heterocycles. The van der Waals surface area contributed by atoms with Gasteiger partial charge in [0.05, 0.1) is 18.5 Å². The summed E-state index contributed by atoms with van der Waals surface area (Å²) in [6.45, 7) is 0. The number of ether oxygens (including phenoxy) is 1. The zero-order valence-corrected chi connectivity index (χ0v) is 13.3. The molecule has 0 unspecified atom stereocenters. The van der Waals surface area contributed by atoms with E-state index in [9.17, 15) is 0 Å². The SMILES string of the molecule is COc1ccc(-n2nc(N)cc2-c2ccc(SC)cc2)cc1. The number of aromatic nitrogens is 2. The number of benzene rings is 2. The molecule has 2 aromatic carbocycles. The van der Waals surface area contributed by atoms with Crippen LogP contribution in [0.15, 0.2) is 59.5 Å². The van der Waals surface area contributed by atoms with Crippen molar-refractivity contribution in [2.24, 2.45) is 0 Å². The molecule has 3 aromatic rings. The quantitative estimate of drug-likeness (QED) is 0.744. The number of nitrogens with zero attached hydrogens (tertiary/aromatic N) is 2. The largest absolute Gasteiger partial charge is 0.497 e. The van der Waals surface area contributed by atoms with Crippen LogP contribution in [0.1, 0.15) is 0 Å². The molecule has 0 aliphatic carbocycles. The van der Waals surface area contributed by atoms with E-state index in [1.54, 1.807) is 18.9 Å². The maximum Gasteiger partial charge on any atom is 0.146 e. The summed E-state index contributed by atoms with van der Waals surface area (Å²) >= 11 is 1.72. The molecule has 0 amide bonds. The van der Waals surface area contributed by atoms with Gasteiger partial charge in [-0.05, 0) is 42.7 Å². The van der Waals surface area contributed by atoms with Gasteiger partial charge in [-0.15, -0.1) is 11.8 Å². The van der Waals surface area contributed by atoms with E-state index >= 15 is 0 Å². The molecule has 0 atom stereocenters. The predicted octanol–water partition coefficient (Wildman–Crippen LogP) is 3.85. The van der Waals surface area contributed by atoms with Gasteiger partial charge in [0.1, 0.15) is 11.6 Å². The molecule has 0 saturated carbocycles. The van der Waals surface area contributed by atoms with Crippen LogP contribution in [-0.2, 0) is 0 Å². The molecular formula is C17H17N3OS. The van der Waals surface area contributed by atoms with Crippen LogP contribution in [0, 0.1) is 0 Å². The summed E-state index contributed by atoms with van der Waals surface area (Å²) in [6.07, 6.45) is 2.06. The average molecular weight is 311 g/mol. The Labute approximate surface area is 133 Å². The minimum Gasteiger partial charge on any atom is -0.497 e. The standard InChI is InChI=1S/C17H17N3OS/c1-21-14-7-5-13(6-8-14)20-16(11-17(18)19-20)12-3-9-15(22-2)10-4-12/h3-11H,1-2H3,(H2,18,19). The molecule has 0 fully saturated rings. The Balaban J connectivity index is 2.04. The Bertz CT molecular complexity index is 699. The van der Waals surface area contributed by atoms with E-state index in [0.29, 0.717) is 5.82 Å². The van der Waals surface area contributed by atoms with Crippen LogP contribution in [0.5, 0.6) is 5.75 Å². The van der Waals surface area contributed by atoms with Crippen molar-refractivity contribution in [3.05, 3.63) is 54.6 Å². The van der Waals surface area contributed by atoms with Crippen LogP contribution in [0.4, 0.5) is 5.82 Å². The predicted molar refractivity (Wildman–Crippen MR) is 91.7 cm³/mol. The zero-order valence-electron chi connectivity index (χ0n) is 12.5. The molecule has 0 radical (unpaired) electrons. The molecular weight excluding hydrogens is 294 g/mol. The van der Waals surface area contributed by atoms with Gasteiger partial charge in [0, 0.05) is 16.5 Å². The Morgan fingerprint density at radius 3 is 2.32 bits per heavy atom. The van der Waals surface area contributed by atoms with Crippen molar-refractivity contribution in [3.8, 4) is 22.7 Å². The molecule has 0 spiro atoms. The molecule has 0 aliphatic rings. The molecule has 1 heterocycles. The fourth-order valence-corrected chi connectivity index (χ4v) is 2.70. The molecule has 0 aliphatic heterocycles. The van der Waals surface area contributed by atoms with Crippen molar-refractivity contribution in [1.82, 2.24) is 9.78 Å². The topological polar surface area (TPSA) is 53.1 Å². The lowest BCUT2D eigenvalue weighted by Crippen LogP contribution is -1.99. The summed E-state index contributed by atoms with van der Waals surface area (Å²) < 4.78 is 7.04. The van der Waals surface area contributed by atoms with E-state index in [4.69, 9.17) is 10.5 Å². The van der Waals surface area contributed by atoms with Crippen LogP contribution < -0.4 is 10.5 Å². The highest BCUT2D eigenvalue weighted by Crippen LogP contribution is 2.27. The lowest BCUT2D eigenvalue weighted by Gasteiger charge is -2.09. The van der Waals surface area contributed by atoms with Crippen molar-refractivity contribution >= 4 is 17.6 Å². The van der Waals surface area contributed by atoms with Crippen LogP contribution in [0.25, 0.3) is 16.9 Å². The first-order valence-corrected chi connectivity index (χ1v) is 8.08. The molecule has 1 aromatic heterocycles. The highest BCUT2D eigenvalue weighted by molar-refractivity contribution is 7.98. The van der Waals surface area contributed by atoms with E-state index in [1.165, 1.54) is 4.90 Å². The van der Waals surface area contributed by atoms with Crippen molar-refractivity contribution < 1.29 is 4.74 Å². The van der Waals surface area contributed by atoms with Gasteiger partial charge in [-0.3, -0.25) is 0 Å². The summed E-state index contributed by atoms with van der Waals surface area (Å²) in [5, 5.41) is 4.40. The first-order chi connectivity index (χ1) is 10.7. The summed E-state index contributed by atoms with van der Waals surface area (Å²) in [5.41, 5.74) is 8.90. The summed E-state index contributed by atoms with van der Waals surface area (Å²) in [6, 6.07) is 18.0. The number of nitrogens with two attached hydrogens (primary N) is 1. The number of hydrogen-bond donors (Lipinski definition) is 1. The molecule has 0 bridgehead atoms. The number of anilines is 1. The normalized spacial score (nSPS) is 10.6. The molecule has 22 heavy (non-hydrogen) atoms. The first-order valence-electron chi connectivity index (χ1n) is 6.85. The van der Waals surface area contributed by atoms with Crippen LogP contribution in [0.3, 0.4) is 0 Å². The van der Waals surface area contributed by atoms with Gasteiger partial charge in [-0.25, -0.2) is 4.68 Å². The van der Waals surface area contributed by atoms with Crippen molar-refractivity contribution in [2.45, 2.75) is 4.90 Å². The maximum atomic E-state index is 5.91. The lowest BCUT2D eigenvalue weighted by atomic mass is 10.1. The molecule has 2 N–H and O–H groups in total.